The monoisotopic (exact) mass is 367 g/mol. The third-order valence-electron chi connectivity index (χ3n) is 4.65. The van der Waals surface area contributed by atoms with E-state index in [1.54, 1.807) is 4.90 Å². The molecule has 26 heavy (non-hydrogen) atoms. The van der Waals surface area contributed by atoms with Crippen molar-refractivity contribution in [1.82, 2.24) is 15.0 Å². The van der Waals surface area contributed by atoms with Gasteiger partial charge in [-0.1, -0.05) is 28.6 Å². The molecule has 1 amide bonds. The molecule has 0 saturated carbocycles. The minimum atomic E-state index is -0.177. The van der Waals surface area contributed by atoms with Crippen LogP contribution >= 0.6 is 11.3 Å². The molecule has 1 fully saturated rings. The molecule has 8 heteroatoms. The normalized spacial score (nSPS) is 16.8. The number of benzene rings is 1. The van der Waals surface area contributed by atoms with Gasteiger partial charge in [0.1, 0.15) is 5.76 Å². The van der Waals surface area contributed by atoms with Gasteiger partial charge in [0, 0.05) is 24.2 Å². The molecule has 1 aliphatic heterocycles. The smallest absolute Gasteiger partial charge is 0.231 e. The number of aromatic nitrogens is 2. The lowest BCUT2D eigenvalue weighted by molar-refractivity contribution is -0.119. The number of nitrogens with zero attached hydrogens (tertiary/aromatic N) is 4. The van der Waals surface area contributed by atoms with Gasteiger partial charge in [-0.2, -0.15) is 5.26 Å². The number of carbonyl (C=O) groups is 1. The van der Waals surface area contributed by atoms with Crippen LogP contribution in [0, 0.1) is 31.2 Å². The molecule has 0 bridgehead atoms. The summed E-state index contributed by atoms with van der Waals surface area (Å²) < 4.78 is 6.27. The van der Waals surface area contributed by atoms with E-state index in [0.717, 1.165) is 32.8 Å². The summed E-state index contributed by atoms with van der Waals surface area (Å²) in [6.45, 7) is 4.88. The average molecular weight is 367 g/mol. The van der Waals surface area contributed by atoms with E-state index in [1.165, 1.54) is 11.3 Å². The molecule has 0 aliphatic carbocycles. The first-order valence-electron chi connectivity index (χ1n) is 8.35. The predicted molar refractivity (Wildman–Crippen MR) is 98.5 cm³/mol. The Kier molecular flexibility index (Phi) is 4.09. The van der Waals surface area contributed by atoms with Crippen LogP contribution in [0.15, 0.2) is 22.7 Å². The zero-order valence-corrected chi connectivity index (χ0v) is 15.3. The molecule has 4 rings (SSSR count). The van der Waals surface area contributed by atoms with Gasteiger partial charge < -0.3 is 14.7 Å². The van der Waals surface area contributed by atoms with Gasteiger partial charge in [0.25, 0.3) is 0 Å². The Morgan fingerprint density at radius 1 is 1.46 bits per heavy atom. The number of fused-ring (bicyclic) bond motifs is 1. The van der Waals surface area contributed by atoms with Gasteiger partial charge in [-0.25, -0.2) is 4.98 Å². The van der Waals surface area contributed by atoms with Crippen molar-refractivity contribution in [3.05, 3.63) is 29.7 Å². The summed E-state index contributed by atoms with van der Waals surface area (Å²) >= 11 is 1.44. The Morgan fingerprint density at radius 2 is 2.31 bits per heavy atom. The van der Waals surface area contributed by atoms with Gasteiger partial charge in [0.15, 0.2) is 11.3 Å². The maximum absolute atomic E-state index is 12.5. The Hall–Kier alpha value is -2.92. The van der Waals surface area contributed by atoms with Crippen LogP contribution in [0.3, 0.4) is 0 Å². The Morgan fingerprint density at radius 3 is 3.00 bits per heavy atom. The zero-order valence-electron chi connectivity index (χ0n) is 14.4. The van der Waals surface area contributed by atoms with Gasteiger partial charge in [-0.05, 0) is 26.3 Å². The maximum Gasteiger partial charge on any atom is 0.231 e. The Balaban J connectivity index is 1.64. The molecule has 1 aromatic carbocycles. The van der Waals surface area contributed by atoms with Crippen molar-refractivity contribution in [2.45, 2.75) is 20.3 Å². The van der Waals surface area contributed by atoms with Gasteiger partial charge in [0.05, 0.1) is 21.8 Å². The molecule has 3 heterocycles. The number of nitriles is 1. The van der Waals surface area contributed by atoms with Crippen LogP contribution in [0.1, 0.15) is 17.9 Å². The van der Waals surface area contributed by atoms with Gasteiger partial charge in [-0.15, -0.1) is 0 Å². The van der Waals surface area contributed by atoms with Crippen molar-refractivity contribution in [2.75, 3.05) is 18.4 Å². The Bertz CT molecular complexity index is 1010. The molecule has 1 saturated heterocycles. The molecule has 1 N–H and O–H groups in total. The lowest BCUT2D eigenvalue weighted by Crippen LogP contribution is -2.25. The second kappa shape index (κ2) is 6.42. The topological polar surface area (TPSA) is 95.0 Å². The Labute approximate surface area is 154 Å². The number of aryl methyl sites for hydroxylation is 2. The highest BCUT2D eigenvalue weighted by Gasteiger charge is 2.28. The first-order valence-corrected chi connectivity index (χ1v) is 9.17. The first-order chi connectivity index (χ1) is 12.6. The number of thiazole rings is 1. The summed E-state index contributed by atoms with van der Waals surface area (Å²) in [7, 11) is 0. The number of carbonyl (C=O) groups excluding carboxylic acids is 1. The SMILES string of the molecule is Cc1noc(C)c1-c1cccc2sc(NC(=O)[C@H]3CCN(C#N)C3)nc12. The molecule has 1 aliphatic rings. The van der Waals surface area contributed by atoms with E-state index >= 15 is 0 Å². The lowest BCUT2D eigenvalue weighted by atomic mass is 10.0. The minimum absolute atomic E-state index is 0.0827. The number of anilines is 1. The summed E-state index contributed by atoms with van der Waals surface area (Å²) in [6, 6.07) is 5.94. The quantitative estimate of drug-likeness (QED) is 0.714. The van der Waals surface area contributed by atoms with E-state index in [2.05, 4.69) is 21.7 Å². The average Bonchev–Trinajstić information content (AvgIpc) is 3.33. The molecular weight excluding hydrogens is 350 g/mol. The molecule has 132 valence electrons. The predicted octanol–water partition coefficient (Wildman–Crippen LogP) is 3.31. The van der Waals surface area contributed by atoms with Crippen molar-refractivity contribution in [3.63, 3.8) is 0 Å². The molecule has 0 radical (unpaired) electrons. The van der Waals surface area contributed by atoms with Crippen LogP contribution in [0.2, 0.25) is 0 Å². The fourth-order valence-corrected chi connectivity index (χ4v) is 4.24. The maximum atomic E-state index is 12.5. The highest BCUT2D eigenvalue weighted by atomic mass is 32.1. The summed E-state index contributed by atoms with van der Waals surface area (Å²) in [4.78, 5) is 18.7. The number of rotatable bonds is 3. The zero-order chi connectivity index (χ0) is 18.3. The number of likely N-dealkylation sites (tertiary alicyclic amines) is 1. The largest absolute Gasteiger partial charge is 0.361 e. The third kappa shape index (κ3) is 2.80. The van der Waals surface area contributed by atoms with E-state index in [1.807, 2.05) is 32.0 Å². The molecule has 0 unspecified atom stereocenters. The molecule has 2 aromatic heterocycles. The summed E-state index contributed by atoms with van der Waals surface area (Å²) in [5, 5.41) is 16.4. The van der Waals surface area contributed by atoms with Crippen LogP contribution in [0.25, 0.3) is 21.3 Å². The van der Waals surface area contributed by atoms with Crippen molar-refractivity contribution in [2.24, 2.45) is 5.92 Å². The van der Waals surface area contributed by atoms with Crippen LogP contribution in [-0.2, 0) is 4.79 Å². The fraction of sp³-hybridized carbons (Fsp3) is 0.333. The lowest BCUT2D eigenvalue weighted by Gasteiger charge is -2.08. The van der Waals surface area contributed by atoms with Crippen LogP contribution in [0.5, 0.6) is 0 Å². The molecule has 3 aromatic rings. The minimum Gasteiger partial charge on any atom is -0.361 e. The fourth-order valence-electron chi connectivity index (χ4n) is 3.34. The molecule has 1 atom stereocenters. The van der Waals surface area contributed by atoms with Gasteiger partial charge in [0.2, 0.25) is 5.91 Å². The number of amides is 1. The van der Waals surface area contributed by atoms with E-state index in [4.69, 9.17) is 9.78 Å². The van der Waals surface area contributed by atoms with E-state index in [0.29, 0.717) is 24.6 Å². The molecular formula is C18H17N5O2S. The molecule has 0 spiro atoms. The van der Waals surface area contributed by atoms with Crippen molar-refractivity contribution in [1.29, 1.82) is 5.26 Å². The highest BCUT2D eigenvalue weighted by Crippen LogP contribution is 2.36. The van der Waals surface area contributed by atoms with Gasteiger partial charge >= 0.3 is 0 Å². The van der Waals surface area contributed by atoms with E-state index in [-0.39, 0.29) is 11.8 Å². The number of hydrogen-bond acceptors (Lipinski definition) is 7. The van der Waals surface area contributed by atoms with E-state index in [9.17, 15) is 4.79 Å². The second-order valence-electron chi connectivity index (χ2n) is 6.39. The van der Waals surface area contributed by atoms with Crippen molar-refractivity contribution in [3.8, 4) is 17.3 Å². The standard InChI is InChI=1S/C18H17N5O2S/c1-10-15(11(2)25-22-10)13-4-3-5-14-16(13)20-18(26-14)21-17(24)12-6-7-23(8-12)9-19/h3-5,12H,6-8H2,1-2H3,(H,20,21,24)/t12-/m0/s1. The highest BCUT2D eigenvalue weighted by molar-refractivity contribution is 7.22. The van der Waals surface area contributed by atoms with Crippen LogP contribution < -0.4 is 5.32 Å². The van der Waals surface area contributed by atoms with E-state index < -0.39 is 0 Å². The van der Waals surface area contributed by atoms with Crippen LogP contribution in [0.4, 0.5) is 5.13 Å². The number of para-hydroxylation sites is 1. The first kappa shape index (κ1) is 16.5. The number of nitrogens with one attached hydrogen (secondary N) is 1. The molecule has 7 nitrogen and oxygen atoms in total. The van der Waals surface area contributed by atoms with Gasteiger partial charge in [-0.3, -0.25) is 4.79 Å². The third-order valence-corrected chi connectivity index (χ3v) is 5.59. The number of hydrogen-bond donors (Lipinski definition) is 1. The second-order valence-corrected chi connectivity index (χ2v) is 7.42. The summed E-state index contributed by atoms with van der Waals surface area (Å²) in [5.74, 6) is 0.487. The summed E-state index contributed by atoms with van der Waals surface area (Å²) in [5.41, 5.74) is 3.54. The van der Waals surface area contributed by atoms with Crippen molar-refractivity contribution < 1.29 is 9.32 Å². The van der Waals surface area contributed by atoms with Crippen LogP contribution in [-0.4, -0.2) is 34.0 Å². The summed E-state index contributed by atoms with van der Waals surface area (Å²) in [6.07, 6.45) is 2.78. The van der Waals surface area contributed by atoms with Crippen molar-refractivity contribution >= 4 is 32.6 Å².